The molecule has 1 aliphatic rings. The minimum Gasteiger partial charge on any atom is -0.378 e. The number of hydrogen-bond donors (Lipinski definition) is 0. The number of ether oxygens (including phenoxy) is 1. The maximum absolute atomic E-state index is 5.65. The molecule has 3 rings (SSSR count). The van der Waals surface area contributed by atoms with Crippen molar-refractivity contribution in [2.45, 2.75) is 12.6 Å². The fourth-order valence-electron chi connectivity index (χ4n) is 2.63. The van der Waals surface area contributed by atoms with Crippen LogP contribution in [0.3, 0.4) is 0 Å². The van der Waals surface area contributed by atoms with Gasteiger partial charge in [0.1, 0.15) is 0 Å². The first-order chi connectivity index (χ1) is 10.4. The van der Waals surface area contributed by atoms with Gasteiger partial charge >= 0.3 is 0 Å². The first kappa shape index (κ1) is 14.1. The van der Waals surface area contributed by atoms with E-state index in [9.17, 15) is 0 Å². The molecule has 1 saturated heterocycles. The topological polar surface area (TPSA) is 12.5 Å². The van der Waals surface area contributed by atoms with E-state index in [2.05, 4.69) is 71.6 Å². The van der Waals surface area contributed by atoms with Crippen LogP contribution in [0.2, 0.25) is 0 Å². The molecule has 0 radical (unpaired) electrons. The van der Waals surface area contributed by atoms with E-state index in [1.807, 2.05) is 6.07 Å². The lowest BCUT2D eigenvalue weighted by atomic mass is 10.1. The van der Waals surface area contributed by atoms with Crippen molar-refractivity contribution in [3.05, 3.63) is 77.9 Å². The molecule has 2 aromatic rings. The number of nitrogens with zero attached hydrogens (tertiary/aromatic N) is 1. The van der Waals surface area contributed by atoms with E-state index in [-0.39, 0.29) is 0 Å². The summed E-state index contributed by atoms with van der Waals surface area (Å²) in [5.74, 6) is 0. The van der Waals surface area contributed by atoms with Gasteiger partial charge in [-0.05, 0) is 11.1 Å². The zero-order valence-corrected chi connectivity index (χ0v) is 12.2. The first-order valence-corrected chi connectivity index (χ1v) is 7.51. The van der Waals surface area contributed by atoms with Gasteiger partial charge in [-0.2, -0.15) is 0 Å². The van der Waals surface area contributed by atoms with Crippen LogP contribution >= 0.6 is 0 Å². The lowest BCUT2D eigenvalue weighted by Gasteiger charge is -2.33. The second kappa shape index (κ2) is 7.21. The third-order valence-corrected chi connectivity index (χ3v) is 3.82. The third-order valence-electron chi connectivity index (χ3n) is 3.82. The Bertz CT molecular complexity index is 565. The summed E-state index contributed by atoms with van der Waals surface area (Å²) in [5.41, 5.74) is 2.60. The van der Waals surface area contributed by atoms with E-state index in [0.717, 1.165) is 26.3 Å². The average molecular weight is 279 g/mol. The predicted molar refractivity (Wildman–Crippen MR) is 86.9 cm³/mol. The van der Waals surface area contributed by atoms with Gasteiger partial charge < -0.3 is 4.74 Å². The quantitative estimate of drug-likeness (QED) is 0.848. The van der Waals surface area contributed by atoms with Crippen LogP contribution in [0, 0.1) is 0 Å². The van der Waals surface area contributed by atoms with Crippen LogP contribution in [0.5, 0.6) is 0 Å². The summed E-state index contributed by atoms with van der Waals surface area (Å²) >= 11 is 0. The average Bonchev–Trinajstić information content (AvgIpc) is 2.56. The number of rotatable bonds is 4. The van der Waals surface area contributed by atoms with E-state index in [0.29, 0.717) is 6.04 Å². The van der Waals surface area contributed by atoms with Crippen LogP contribution in [-0.2, 0) is 11.3 Å². The highest BCUT2D eigenvalue weighted by molar-refractivity contribution is 5.49. The van der Waals surface area contributed by atoms with Gasteiger partial charge in [0.25, 0.3) is 0 Å². The molecule has 0 bridgehead atoms. The maximum Gasteiger partial charge on any atom is 0.0658 e. The number of morpholine rings is 1. The fourth-order valence-corrected chi connectivity index (χ4v) is 2.63. The molecule has 0 N–H and O–H groups in total. The minimum absolute atomic E-state index is 0.346. The Morgan fingerprint density at radius 3 is 2.48 bits per heavy atom. The Morgan fingerprint density at radius 1 is 1.00 bits per heavy atom. The molecule has 1 unspecified atom stereocenters. The molecule has 2 nitrogen and oxygen atoms in total. The van der Waals surface area contributed by atoms with Crippen molar-refractivity contribution in [3.8, 4) is 0 Å². The molecule has 0 aromatic heterocycles. The van der Waals surface area contributed by atoms with Gasteiger partial charge in [0, 0.05) is 13.1 Å². The molecule has 21 heavy (non-hydrogen) atoms. The first-order valence-electron chi connectivity index (χ1n) is 7.51. The van der Waals surface area contributed by atoms with Crippen molar-refractivity contribution in [3.63, 3.8) is 0 Å². The molecule has 0 aliphatic carbocycles. The van der Waals surface area contributed by atoms with E-state index in [1.54, 1.807) is 0 Å². The van der Waals surface area contributed by atoms with E-state index in [4.69, 9.17) is 4.74 Å². The van der Waals surface area contributed by atoms with Crippen LogP contribution in [0.25, 0.3) is 6.08 Å². The summed E-state index contributed by atoms with van der Waals surface area (Å²) in [7, 11) is 0. The van der Waals surface area contributed by atoms with Crippen LogP contribution < -0.4 is 0 Å². The monoisotopic (exact) mass is 279 g/mol. The molecule has 108 valence electrons. The molecule has 2 heteroatoms. The zero-order chi connectivity index (χ0) is 14.3. The van der Waals surface area contributed by atoms with Gasteiger partial charge in [0.15, 0.2) is 0 Å². The third kappa shape index (κ3) is 4.03. The van der Waals surface area contributed by atoms with Gasteiger partial charge in [-0.15, -0.1) is 0 Å². The van der Waals surface area contributed by atoms with Crippen LogP contribution in [0.15, 0.2) is 66.7 Å². The molecule has 0 saturated carbocycles. The molecule has 0 amide bonds. The molecular weight excluding hydrogens is 258 g/mol. The van der Waals surface area contributed by atoms with E-state index in [1.165, 1.54) is 11.1 Å². The number of hydrogen-bond acceptors (Lipinski definition) is 2. The molecule has 1 atom stereocenters. The smallest absolute Gasteiger partial charge is 0.0658 e. The standard InChI is InChI=1S/C19H21NO/c1-3-7-17(8-4-1)11-12-19-16-21-14-13-20(19)15-18-9-5-2-6-10-18/h1-12,19H,13-16H2/b12-11+. The molecular formula is C19H21NO. The van der Waals surface area contributed by atoms with Crippen molar-refractivity contribution >= 4 is 6.08 Å². The molecule has 1 aliphatic heterocycles. The van der Waals surface area contributed by atoms with Crippen molar-refractivity contribution < 1.29 is 4.74 Å². The summed E-state index contributed by atoms with van der Waals surface area (Å²) < 4.78 is 5.65. The van der Waals surface area contributed by atoms with Crippen LogP contribution in [0.1, 0.15) is 11.1 Å². The SMILES string of the molecule is C(=C\C1COCCN1Cc1ccccc1)/c1ccccc1. The lowest BCUT2D eigenvalue weighted by Crippen LogP contribution is -2.43. The van der Waals surface area contributed by atoms with Crippen molar-refractivity contribution in [2.75, 3.05) is 19.8 Å². The van der Waals surface area contributed by atoms with Gasteiger partial charge in [0.2, 0.25) is 0 Å². The fraction of sp³-hybridized carbons (Fsp3) is 0.263. The Balaban J connectivity index is 1.68. The second-order valence-corrected chi connectivity index (χ2v) is 5.37. The molecule has 2 aromatic carbocycles. The number of benzene rings is 2. The highest BCUT2D eigenvalue weighted by Crippen LogP contribution is 2.14. The van der Waals surface area contributed by atoms with E-state index >= 15 is 0 Å². The Hall–Kier alpha value is -1.90. The molecule has 1 fully saturated rings. The molecule has 0 spiro atoms. The Kier molecular flexibility index (Phi) is 4.82. The highest BCUT2D eigenvalue weighted by Gasteiger charge is 2.20. The second-order valence-electron chi connectivity index (χ2n) is 5.37. The van der Waals surface area contributed by atoms with Crippen molar-refractivity contribution in [1.82, 2.24) is 4.90 Å². The largest absolute Gasteiger partial charge is 0.378 e. The Labute approximate surface area is 126 Å². The van der Waals surface area contributed by atoms with Crippen LogP contribution in [-0.4, -0.2) is 30.7 Å². The van der Waals surface area contributed by atoms with Crippen molar-refractivity contribution in [1.29, 1.82) is 0 Å². The van der Waals surface area contributed by atoms with Gasteiger partial charge in [-0.1, -0.05) is 72.8 Å². The lowest BCUT2D eigenvalue weighted by molar-refractivity contribution is 0.00647. The minimum atomic E-state index is 0.346. The van der Waals surface area contributed by atoms with Gasteiger partial charge in [-0.3, -0.25) is 4.90 Å². The predicted octanol–water partition coefficient (Wildman–Crippen LogP) is 3.60. The summed E-state index contributed by atoms with van der Waals surface area (Å²) in [6.07, 6.45) is 4.45. The summed E-state index contributed by atoms with van der Waals surface area (Å²) in [5, 5.41) is 0. The van der Waals surface area contributed by atoms with Crippen molar-refractivity contribution in [2.24, 2.45) is 0 Å². The normalized spacial score (nSPS) is 19.9. The summed E-state index contributed by atoms with van der Waals surface area (Å²) in [6, 6.07) is 21.4. The van der Waals surface area contributed by atoms with Gasteiger partial charge in [-0.25, -0.2) is 0 Å². The summed E-state index contributed by atoms with van der Waals surface area (Å²) in [4.78, 5) is 2.48. The van der Waals surface area contributed by atoms with Gasteiger partial charge in [0.05, 0.1) is 19.3 Å². The van der Waals surface area contributed by atoms with E-state index < -0.39 is 0 Å². The summed E-state index contributed by atoms with van der Waals surface area (Å²) in [6.45, 7) is 3.56. The maximum atomic E-state index is 5.65. The Morgan fingerprint density at radius 2 is 1.71 bits per heavy atom. The zero-order valence-electron chi connectivity index (χ0n) is 12.2. The van der Waals surface area contributed by atoms with Crippen LogP contribution in [0.4, 0.5) is 0 Å². The molecule has 1 heterocycles. The highest BCUT2D eigenvalue weighted by atomic mass is 16.5.